The number of hydrogen-bond donors (Lipinski definition) is 2. The summed E-state index contributed by atoms with van der Waals surface area (Å²) in [5.74, 6) is 0.940. The highest BCUT2D eigenvalue weighted by Gasteiger charge is 2.11. The molecule has 19 heavy (non-hydrogen) atoms. The Bertz CT molecular complexity index is 592. The molecular weight excluding hydrogens is 248 g/mol. The van der Waals surface area contributed by atoms with Gasteiger partial charge >= 0.3 is 5.97 Å². The third kappa shape index (κ3) is 2.85. The highest BCUT2D eigenvalue weighted by Crippen LogP contribution is 2.25. The molecule has 0 aliphatic heterocycles. The molecule has 1 aromatic heterocycles. The average molecular weight is 262 g/mol. The Kier molecular flexibility index (Phi) is 3.70. The average Bonchev–Trinajstić information content (AvgIpc) is 2.87. The van der Waals surface area contributed by atoms with Crippen molar-refractivity contribution in [3.8, 4) is 11.5 Å². The van der Waals surface area contributed by atoms with Crippen molar-refractivity contribution in [3.63, 3.8) is 0 Å². The number of nitrogens with one attached hydrogen (secondary N) is 1. The highest BCUT2D eigenvalue weighted by molar-refractivity contribution is 5.85. The number of benzene rings is 1. The van der Waals surface area contributed by atoms with Crippen LogP contribution in [0.3, 0.4) is 0 Å². The molecule has 0 fully saturated rings. The van der Waals surface area contributed by atoms with Crippen LogP contribution in [0.25, 0.3) is 0 Å². The van der Waals surface area contributed by atoms with Gasteiger partial charge in [-0.1, -0.05) is 0 Å². The number of nitrogens with zero attached hydrogens (tertiary/aromatic N) is 1. The molecule has 0 amide bonds. The Hall–Kier alpha value is -2.50. The van der Waals surface area contributed by atoms with Crippen molar-refractivity contribution >= 4 is 5.97 Å². The van der Waals surface area contributed by atoms with Crippen molar-refractivity contribution in [2.75, 3.05) is 14.2 Å². The number of rotatable bonds is 5. The molecule has 0 unspecified atom stereocenters. The number of aromatic amines is 1. The maximum Gasteiger partial charge on any atom is 0.353 e. The molecule has 1 aromatic carbocycles. The van der Waals surface area contributed by atoms with Crippen molar-refractivity contribution in [3.05, 3.63) is 41.5 Å². The monoisotopic (exact) mass is 262 g/mol. The summed E-state index contributed by atoms with van der Waals surface area (Å²) >= 11 is 0. The van der Waals surface area contributed by atoms with Crippen LogP contribution >= 0.6 is 0 Å². The van der Waals surface area contributed by atoms with Crippen LogP contribution in [0.15, 0.2) is 24.4 Å². The Balaban J connectivity index is 2.27. The fraction of sp³-hybridized carbons (Fsp3) is 0.231. The van der Waals surface area contributed by atoms with Gasteiger partial charge in [0.25, 0.3) is 0 Å². The lowest BCUT2D eigenvalue weighted by Crippen LogP contribution is -1.99. The minimum atomic E-state index is -1.03. The first kappa shape index (κ1) is 12.9. The van der Waals surface area contributed by atoms with Crippen LogP contribution in [0.5, 0.6) is 11.5 Å². The van der Waals surface area contributed by atoms with E-state index in [0.717, 1.165) is 5.56 Å². The molecule has 1 heterocycles. The van der Waals surface area contributed by atoms with E-state index in [-0.39, 0.29) is 5.69 Å². The second-order valence-corrected chi connectivity index (χ2v) is 3.90. The van der Waals surface area contributed by atoms with Gasteiger partial charge < -0.3 is 19.6 Å². The lowest BCUT2D eigenvalue weighted by Gasteiger charge is -2.09. The third-order valence-corrected chi connectivity index (χ3v) is 2.70. The summed E-state index contributed by atoms with van der Waals surface area (Å²) in [7, 11) is 3.16. The number of methoxy groups -OCH3 is 2. The van der Waals surface area contributed by atoms with Crippen molar-refractivity contribution in [1.29, 1.82) is 0 Å². The first-order valence-electron chi connectivity index (χ1n) is 5.62. The van der Waals surface area contributed by atoms with Crippen LogP contribution in [0.4, 0.5) is 0 Å². The molecule has 0 aliphatic carbocycles. The lowest BCUT2D eigenvalue weighted by atomic mass is 10.1. The molecule has 0 saturated carbocycles. The van der Waals surface area contributed by atoms with Gasteiger partial charge in [0.1, 0.15) is 23.0 Å². The van der Waals surface area contributed by atoms with Crippen LogP contribution in [0, 0.1) is 0 Å². The van der Waals surface area contributed by atoms with E-state index in [1.807, 2.05) is 6.07 Å². The summed E-state index contributed by atoms with van der Waals surface area (Å²) in [4.78, 5) is 17.5. The summed E-state index contributed by atoms with van der Waals surface area (Å²) < 4.78 is 10.4. The van der Waals surface area contributed by atoms with E-state index >= 15 is 0 Å². The van der Waals surface area contributed by atoms with Crippen molar-refractivity contribution in [2.24, 2.45) is 0 Å². The van der Waals surface area contributed by atoms with Gasteiger partial charge in [-0.3, -0.25) is 0 Å². The van der Waals surface area contributed by atoms with Crippen molar-refractivity contribution in [1.82, 2.24) is 9.97 Å². The SMILES string of the molecule is COc1ccc(OC)c(Cc2ncc(C(=O)O)[nH]2)c1. The van der Waals surface area contributed by atoms with Gasteiger partial charge in [0.05, 0.1) is 20.4 Å². The van der Waals surface area contributed by atoms with Gasteiger partial charge in [0, 0.05) is 12.0 Å². The van der Waals surface area contributed by atoms with Crippen molar-refractivity contribution in [2.45, 2.75) is 6.42 Å². The second-order valence-electron chi connectivity index (χ2n) is 3.90. The van der Waals surface area contributed by atoms with Gasteiger partial charge in [-0.15, -0.1) is 0 Å². The van der Waals surface area contributed by atoms with Gasteiger partial charge in [-0.25, -0.2) is 9.78 Å². The van der Waals surface area contributed by atoms with Crippen LogP contribution in [0.1, 0.15) is 21.9 Å². The molecule has 0 bridgehead atoms. The third-order valence-electron chi connectivity index (χ3n) is 2.70. The summed E-state index contributed by atoms with van der Waals surface area (Å²) in [5.41, 5.74) is 0.935. The molecule has 2 rings (SSSR count). The number of ether oxygens (including phenoxy) is 2. The number of H-pyrrole nitrogens is 1. The van der Waals surface area contributed by atoms with E-state index in [1.165, 1.54) is 6.20 Å². The highest BCUT2D eigenvalue weighted by atomic mass is 16.5. The van der Waals surface area contributed by atoms with Crippen LogP contribution in [-0.2, 0) is 6.42 Å². The number of hydrogen-bond acceptors (Lipinski definition) is 4. The van der Waals surface area contributed by atoms with Crippen molar-refractivity contribution < 1.29 is 19.4 Å². The molecule has 0 atom stereocenters. The predicted octanol–water partition coefficient (Wildman–Crippen LogP) is 1.72. The van der Waals surface area contributed by atoms with E-state index in [1.54, 1.807) is 26.4 Å². The first-order valence-corrected chi connectivity index (χ1v) is 5.62. The molecule has 0 radical (unpaired) electrons. The molecular formula is C13H14N2O4. The molecule has 0 saturated heterocycles. The molecule has 0 spiro atoms. The fourth-order valence-electron chi connectivity index (χ4n) is 1.76. The van der Waals surface area contributed by atoms with E-state index in [0.29, 0.717) is 23.7 Å². The zero-order valence-electron chi connectivity index (χ0n) is 10.6. The van der Waals surface area contributed by atoms with E-state index in [2.05, 4.69) is 9.97 Å². The van der Waals surface area contributed by atoms with E-state index < -0.39 is 5.97 Å². The maximum absolute atomic E-state index is 10.8. The number of carboxylic acids is 1. The standard InChI is InChI=1S/C13H14N2O4/c1-18-9-3-4-11(19-2)8(5-9)6-12-14-7-10(15-12)13(16)17/h3-5,7H,6H2,1-2H3,(H,14,15)(H,16,17). The Morgan fingerprint density at radius 1 is 1.37 bits per heavy atom. The van der Waals surface area contributed by atoms with Gasteiger partial charge in [-0.2, -0.15) is 0 Å². The summed E-state index contributed by atoms with van der Waals surface area (Å²) in [6.07, 6.45) is 1.73. The largest absolute Gasteiger partial charge is 0.497 e. The summed E-state index contributed by atoms with van der Waals surface area (Å²) in [6, 6.07) is 5.43. The zero-order chi connectivity index (χ0) is 13.8. The predicted molar refractivity (Wildman–Crippen MR) is 67.9 cm³/mol. The maximum atomic E-state index is 10.8. The Morgan fingerprint density at radius 2 is 2.16 bits per heavy atom. The quantitative estimate of drug-likeness (QED) is 0.857. The first-order chi connectivity index (χ1) is 9.13. The number of carboxylic acid groups (broad SMARTS) is 1. The second kappa shape index (κ2) is 5.43. The fourth-order valence-corrected chi connectivity index (χ4v) is 1.76. The Labute approximate surface area is 110 Å². The Morgan fingerprint density at radius 3 is 2.74 bits per heavy atom. The molecule has 6 nitrogen and oxygen atoms in total. The van der Waals surface area contributed by atoms with Crippen LogP contribution in [-0.4, -0.2) is 35.3 Å². The minimum Gasteiger partial charge on any atom is -0.497 e. The topological polar surface area (TPSA) is 84.4 Å². The number of aromatic carboxylic acids is 1. The normalized spacial score (nSPS) is 10.2. The number of aromatic nitrogens is 2. The van der Waals surface area contributed by atoms with E-state index in [4.69, 9.17) is 14.6 Å². The van der Waals surface area contributed by atoms with Crippen LogP contribution in [0.2, 0.25) is 0 Å². The molecule has 100 valence electrons. The van der Waals surface area contributed by atoms with Gasteiger partial charge in [0.2, 0.25) is 0 Å². The smallest absolute Gasteiger partial charge is 0.353 e. The molecule has 2 N–H and O–H groups in total. The summed E-state index contributed by atoms with van der Waals surface area (Å²) in [6.45, 7) is 0. The zero-order valence-corrected chi connectivity index (χ0v) is 10.6. The van der Waals surface area contributed by atoms with E-state index in [9.17, 15) is 4.79 Å². The number of imidazole rings is 1. The minimum absolute atomic E-state index is 0.0665. The van der Waals surface area contributed by atoms with Crippen LogP contribution < -0.4 is 9.47 Å². The molecule has 2 aromatic rings. The van der Waals surface area contributed by atoms with Gasteiger partial charge in [0.15, 0.2) is 0 Å². The summed E-state index contributed by atoms with van der Waals surface area (Å²) in [5, 5.41) is 8.83. The van der Waals surface area contributed by atoms with Gasteiger partial charge in [-0.05, 0) is 18.2 Å². The lowest BCUT2D eigenvalue weighted by molar-refractivity contribution is 0.0691. The molecule has 0 aliphatic rings. The number of carbonyl (C=O) groups is 1. The molecule has 6 heteroatoms.